The molecule has 1 aromatic carbocycles. The number of fused-ring (bicyclic) bond motifs is 1. The standard InChI is InChI=1S/C19H21N3O3/c1-25-11-9-21-18(23)15-6-8-20-17(12-15)19(24)22-10-7-14-4-2-3-5-16(14)13-22/h2-6,8,12H,7,9-11,13H2,1H3,(H,21,23). The largest absolute Gasteiger partial charge is 0.383 e. The summed E-state index contributed by atoms with van der Waals surface area (Å²) in [5, 5.41) is 2.74. The van der Waals surface area contributed by atoms with E-state index in [4.69, 9.17) is 4.74 Å². The van der Waals surface area contributed by atoms with Crippen LogP contribution in [-0.4, -0.2) is 48.5 Å². The summed E-state index contributed by atoms with van der Waals surface area (Å²) >= 11 is 0. The van der Waals surface area contributed by atoms with Crippen LogP contribution in [0.4, 0.5) is 0 Å². The number of rotatable bonds is 5. The average Bonchev–Trinajstić information content (AvgIpc) is 2.67. The molecule has 0 atom stereocenters. The fourth-order valence-electron chi connectivity index (χ4n) is 2.89. The summed E-state index contributed by atoms with van der Waals surface area (Å²) < 4.78 is 4.91. The van der Waals surface area contributed by atoms with Crippen LogP contribution < -0.4 is 5.32 Å². The van der Waals surface area contributed by atoms with Crippen LogP contribution in [0.2, 0.25) is 0 Å². The summed E-state index contributed by atoms with van der Waals surface area (Å²) in [4.78, 5) is 30.8. The number of ether oxygens (including phenoxy) is 1. The minimum atomic E-state index is -0.238. The first kappa shape index (κ1) is 17.1. The summed E-state index contributed by atoms with van der Waals surface area (Å²) in [7, 11) is 1.58. The third kappa shape index (κ3) is 4.03. The summed E-state index contributed by atoms with van der Waals surface area (Å²) in [6, 6.07) is 11.3. The van der Waals surface area contributed by atoms with E-state index < -0.39 is 0 Å². The maximum Gasteiger partial charge on any atom is 0.272 e. The van der Waals surface area contributed by atoms with E-state index in [0.29, 0.717) is 37.5 Å². The lowest BCUT2D eigenvalue weighted by Gasteiger charge is -2.28. The van der Waals surface area contributed by atoms with Crippen molar-refractivity contribution in [2.24, 2.45) is 0 Å². The molecule has 1 aliphatic heterocycles. The number of carbonyl (C=O) groups is 2. The van der Waals surface area contributed by atoms with E-state index >= 15 is 0 Å². The zero-order valence-electron chi connectivity index (χ0n) is 14.2. The van der Waals surface area contributed by atoms with Crippen molar-refractivity contribution in [3.05, 3.63) is 65.0 Å². The first-order chi connectivity index (χ1) is 12.2. The van der Waals surface area contributed by atoms with Crippen LogP contribution >= 0.6 is 0 Å². The smallest absolute Gasteiger partial charge is 0.272 e. The SMILES string of the molecule is COCCNC(=O)c1ccnc(C(=O)N2CCc3ccccc3C2)c1. The molecule has 130 valence electrons. The normalized spacial score (nSPS) is 13.2. The van der Waals surface area contributed by atoms with Gasteiger partial charge in [-0.05, 0) is 29.7 Å². The zero-order chi connectivity index (χ0) is 17.6. The Morgan fingerprint density at radius 3 is 2.84 bits per heavy atom. The van der Waals surface area contributed by atoms with Crippen LogP contribution in [0.25, 0.3) is 0 Å². The van der Waals surface area contributed by atoms with Crippen molar-refractivity contribution >= 4 is 11.8 Å². The topological polar surface area (TPSA) is 71.5 Å². The summed E-state index contributed by atoms with van der Waals surface area (Å²) in [6.07, 6.45) is 2.33. The number of hydrogen-bond donors (Lipinski definition) is 1. The highest BCUT2D eigenvalue weighted by Crippen LogP contribution is 2.20. The fraction of sp³-hybridized carbons (Fsp3) is 0.316. The van der Waals surface area contributed by atoms with E-state index in [0.717, 1.165) is 12.0 Å². The minimum Gasteiger partial charge on any atom is -0.383 e. The van der Waals surface area contributed by atoms with Crippen molar-refractivity contribution in [1.29, 1.82) is 0 Å². The van der Waals surface area contributed by atoms with Crippen LogP contribution in [0.5, 0.6) is 0 Å². The number of nitrogens with zero attached hydrogens (tertiary/aromatic N) is 2. The van der Waals surface area contributed by atoms with Gasteiger partial charge in [-0.1, -0.05) is 24.3 Å². The first-order valence-corrected chi connectivity index (χ1v) is 8.28. The zero-order valence-corrected chi connectivity index (χ0v) is 14.2. The van der Waals surface area contributed by atoms with Crippen molar-refractivity contribution in [1.82, 2.24) is 15.2 Å². The molecule has 1 aliphatic rings. The van der Waals surface area contributed by atoms with Gasteiger partial charge >= 0.3 is 0 Å². The molecule has 6 nitrogen and oxygen atoms in total. The molecule has 0 bridgehead atoms. The Morgan fingerprint density at radius 1 is 1.24 bits per heavy atom. The van der Waals surface area contributed by atoms with E-state index in [1.807, 2.05) is 18.2 Å². The quantitative estimate of drug-likeness (QED) is 0.841. The number of amides is 2. The van der Waals surface area contributed by atoms with Gasteiger partial charge in [-0.2, -0.15) is 0 Å². The second kappa shape index (κ2) is 7.90. The highest BCUT2D eigenvalue weighted by Gasteiger charge is 2.23. The molecule has 1 N–H and O–H groups in total. The maximum absolute atomic E-state index is 12.8. The van der Waals surface area contributed by atoms with E-state index in [2.05, 4.69) is 16.4 Å². The van der Waals surface area contributed by atoms with Crippen molar-refractivity contribution in [3.8, 4) is 0 Å². The van der Waals surface area contributed by atoms with Gasteiger partial charge in [0, 0.05) is 38.5 Å². The molecule has 2 heterocycles. The van der Waals surface area contributed by atoms with E-state index in [1.54, 1.807) is 24.1 Å². The number of pyridine rings is 1. The lowest BCUT2D eigenvalue weighted by molar-refractivity contribution is 0.0728. The molecule has 0 saturated heterocycles. The molecule has 2 aromatic rings. The number of methoxy groups -OCH3 is 1. The van der Waals surface area contributed by atoms with Gasteiger partial charge in [0.1, 0.15) is 5.69 Å². The van der Waals surface area contributed by atoms with Gasteiger partial charge in [0.2, 0.25) is 0 Å². The molecule has 1 aromatic heterocycles. The molecule has 0 unspecified atom stereocenters. The Bertz CT molecular complexity index is 776. The molecule has 0 saturated carbocycles. The van der Waals surface area contributed by atoms with Crippen LogP contribution in [0.15, 0.2) is 42.6 Å². The van der Waals surface area contributed by atoms with Crippen LogP contribution in [0.1, 0.15) is 32.0 Å². The molecular formula is C19H21N3O3. The van der Waals surface area contributed by atoms with Crippen molar-refractivity contribution in [2.75, 3.05) is 26.8 Å². The Kier molecular flexibility index (Phi) is 5.40. The van der Waals surface area contributed by atoms with Gasteiger partial charge < -0.3 is 15.0 Å². The molecule has 0 spiro atoms. The summed E-state index contributed by atoms with van der Waals surface area (Å²) in [6.45, 7) is 2.09. The van der Waals surface area contributed by atoms with Gasteiger partial charge in [-0.15, -0.1) is 0 Å². The highest BCUT2D eigenvalue weighted by atomic mass is 16.5. The number of benzene rings is 1. The van der Waals surface area contributed by atoms with E-state index in [-0.39, 0.29) is 11.8 Å². The van der Waals surface area contributed by atoms with Crippen LogP contribution in [-0.2, 0) is 17.7 Å². The Hall–Kier alpha value is -2.73. The van der Waals surface area contributed by atoms with E-state index in [9.17, 15) is 9.59 Å². The summed E-state index contributed by atoms with van der Waals surface area (Å²) in [5.74, 6) is -0.390. The molecule has 0 aliphatic carbocycles. The average molecular weight is 339 g/mol. The molecule has 0 radical (unpaired) electrons. The van der Waals surface area contributed by atoms with Gasteiger partial charge in [-0.25, -0.2) is 0 Å². The van der Waals surface area contributed by atoms with E-state index in [1.165, 1.54) is 11.8 Å². The van der Waals surface area contributed by atoms with Crippen molar-refractivity contribution in [2.45, 2.75) is 13.0 Å². The first-order valence-electron chi connectivity index (χ1n) is 8.28. The third-order valence-corrected chi connectivity index (χ3v) is 4.25. The lowest BCUT2D eigenvalue weighted by Crippen LogP contribution is -2.36. The van der Waals surface area contributed by atoms with Gasteiger partial charge in [0.15, 0.2) is 0 Å². The second-order valence-electron chi connectivity index (χ2n) is 5.92. The predicted octanol–water partition coefficient (Wildman–Crippen LogP) is 1.66. The molecule has 2 amide bonds. The molecule has 0 fully saturated rings. The monoisotopic (exact) mass is 339 g/mol. The fourth-order valence-corrected chi connectivity index (χ4v) is 2.89. The van der Waals surface area contributed by atoms with Crippen molar-refractivity contribution in [3.63, 3.8) is 0 Å². The third-order valence-electron chi connectivity index (χ3n) is 4.25. The number of hydrogen-bond acceptors (Lipinski definition) is 4. The second-order valence-corrected chi connectivity index (χ2v) is 5.92. The molecule has 25 heavy (non-hydrogen) atoms. The minimum absolute atomic E-state index is 0.152. The number of nitrogens with one attached hydrogen (secondary N) is 1. The maximum atomic E-state index is 12.8. The van der Waals surface area contributed by atoms with Crippen LogP contribution in [0, 0.1) is 0 Å². The molecule has 6 heteroatoms. The van der Waals surface area contributed by atoms with Crippen LogP contribution in [0.3, 0.4) is 0 Å². The van der Waals surface area contributed by atoms with Gasteiger partial charge in [-0.3, -0.25) is 14.6 Å². The predicted molar refractivity (Wildman–Crippen MR) is 93.3 cm³/mol. The number of aromatic nitrogens is 1. The molecule has 3 rings (SSSR count). The Morgan fingerprint density at radius 2 is 2.04 bits per heavy atom. The Balaban J connectivity index is 1.71. The Labute approximate surface area is 146 Å². The highest BCUT2D eigenvalue weighted by molar-refractivity contribution is 5.98. The lowest BCUT2D eigenvalue weighted by atomic mass is 9.99. The van der Waals surface area contributed by atoms with Gasteiger partial charge in [0.25, 0.3) is 11.8 Å². The number of carbonyl (C=O) groups excluding carboxylic acids is 2. The summed E-state index contributed by atoms with van der Waals surface area (Å²) in [5.41, 5.74) is 3.16. The molecular weight excluding hydrogens is 318 g/mol. The van der Waals surface area contributed by atoms with Crippen molar-refractivity contribution < 1.29 is 14.3 Å². The van der Waals surface area contributed by atoms with Gasteiger partial charge in [0.05, 0.1) is 6.61 Å².